The summed E-state index contributed by atoms with van der Waals surface area (Å²) in [5.41, 5.74) is 6.28. The van der Waals surface area contributed by atoms with Crippen LogP contribution >= 0.6 is 0 Å². The highest BCUT2D eigenvalue weighted by Crippen LogP contribution is 2.14. The lowest BCUT2D eigenvalue weighted by atomic mass is 10.1. The number of nitrogens with zero attached hydrogens (tertiary/aromatic N) is 3. The quantitative estimate of drug-likeness (QED) is 0.342. The number of rotatable bonds is 4. The zero-order valence-electron chi connectivity index (χ0n) is 8.33. The average molecular weight is 208 g/mol. The van der Waals surface area contributed by atoms with Crippen LogP contribution in [0, 0.1) is 10.1 Å². The van der Waals surface area contributed by atoms with E-state index in [0.717, 1.165) is 5.56 Å². The second kappa shape index (κ2) is 5.04. The van der Waals surface area contributed by atoms with Crippen LogP contribution in [0.5, 0.6) is 0 Å². The topological polar surface area (TPSA) is 94.4 Å². The molecule has 1 unspecified atom stereocenters. The van der Waals surface area contributed by atoms with E-state index in [1.54, 1.807) is 18.5 Å². The molecule has 0 amide bonds. The van der Waals surface area contributed by atoms with Gasteiger partial charge in [-0.05, 0) is 18.6 Å². The van der Waals surface area contributed by atoms with Crippen molar-refractivity contribution in [2.75, 3.05) is 6.54 Å². The van der Waals surface area contributed by atoms with Gasteiger partial charge in [0.1, 0.15) is 0 Å². The maximum atomic E-state index is 10.2. The second-order valence-electron chi connectivity index (χ2n) is 3.07. The minimum Gasteiger partial charge on any atom is -0.382 e. The summed E-state index contributed by atoms with van der Waals surface area (Å²) in [5.74, 6) is 0.0244. The summed E-state index contributed by atoms with van der Waals surface area (Å²) in [7, 11) is 0. The van der Waals surface area contributed by atoms with Crippen LogP contribution in [0.2, 0.25) is 0 Å². The molecule has 1 atom stereocenters. The van der Waals surface area contributed by atoms with Gasteiger partial charge in [-0.15, -0.1) is 0 Å². The van der Waals surface area contributed by atoms with Crippen LogP contribution < -0.4 is 5.73 Å². The highest BCUT2D eigenvalue weighted by atomic mass is 16.6. The van der Waals surface area contributed by atoms with E-state index in [1.807, 2.05) is 13.0 Å². The third-order valence-corrected chi connectivity index (χ3v) is 1.82. The summed E-state index contributed by atoms with van der Waals surface area (Å²) in [6.45, 7) is 1.38. The number of nitro groups is 1. The summed E-state index contributed by atoms with van der Waals surface area (Å²) in [6, 6.07) is 3.42. The van der Waals surface area contributed by atoms with Crippen molar-refractivity contribution in [2.45, 2.75) is 13.0 Å². The number of hydrogen-bond acceptors (Lipinski definition) is 4. The van der Waals surface area contributed by atoms with Crippen LogP contribution in [0.15, 0.2) is 29.5 Å². The molecule has 0 spiro atoms. The third-order valence-electron chi connectivity index (χ3n) is 1.82. The van der Waals surface area contributed by atoms with Crippen molar-refractivity contribution in [3.63, 3.8) is 0 Å². The van der Waals surface area contributed by atoms with Gasteiger partial charge >= 0.3 is 0 Å². The van der Waals surface area contributed by atoms with Crippen LogP contribution in [-0.4, -0.2) is 22.3 Å². The van der Waals surface area contributed by atoms with Crippen molar-refractivity contribution in [1.82, 2.24) is 4.98 Å². The number of pyridine rings is 1. The monoisotopic (exact) mass is 208 g/mol. The van der Waals surface area contributed by atoms with Crippen LogP contribution in [0.1, 0.15) is 18.5 Å². The molecule has 0 aliphatic heterocycles. The first-order chi connectivity index (χ1) is 7.09. The summed E-state index contributed by atoms with van der Waals surface area (Å²) in [4.78, 5) is 17.6. The standard InChI is InChI=1S/C9H12N4O2/c1-7(8-3-2-4-11-5-8)12-9(10)6-13(14)15/h2-5,7H,6H2,1H3,(H2,10,12). The Bertz CT molecular complexity index is 364. The minimum absolute atomic E-state index is 0.0244. The Morgan fingerprint density at radius 3 is 3.07 bits per heavy atom. The maximum Gasteiger partial charge on any atom is 0.259 e. The smallest absolute Gasteiger partial charge is 0.259 e. The molecule has 1 aromatic rings. The van der Waals surface area contributed by atoms with Gasteiger partial charge in [0.05, 0.1) is 6.04 Å². The van der Waals surface area contributed by atoms with Crippen molar-refractivity contribution >= 4 is 5.84 Å². The fourth-order valence-corrected chi connectivity index (χ4v) is 1.12. The SMILES string of the molecule is CC(N=C(N)C[N+](=O)[O-])c1cccnc1. The first kappa shape index (κ1) is 11.1. The normalized spacial score (nSPS) is 13.5. The van der Waals surface area contributed by atoms with Gasteiger partial charge in [0.2, 0.25) is 0 Å². The first-order valence-electron chi connectivity index (χ1n) is 4.43. The Labute approximate surface area is 87.0 Å². The van der Waals surface area contributed by atoms with E-state index < -0.39 is 11.5 Å². The summed E-state index contributed by atoms with van der Waals surface area (Å²) >= 11 is 0. The molecule has 0 aliphatic rings. The van der Waals surface area contributed by atoms with Crippen molar-refractivity contribution < 1.29 is 4.92 Å². The molecule has 6 heteroatoms. The van der Waals surface area contributed by atoms with E-state index in [1.165, 1.54) is 0 Å². The molecule has 1 aromatic heterocycles. The largest absolute Gasteiger partial charge is 0.382 e. The van der Waals surface area contributed by atoms with E-state index in [9.17, 15) is 10.1 Å². The zero-order valence-corrected chi connectivity index (χ0v) is 8.33. The Balaban J connectivity index is 2.70. The van der Waals surface area contributed by atoms with Crippen LogP contribution in [0.3, 0.4) is 0 Å². The second-order valence-corrected chi connectivity index (χ2v) is 3.07. The van der Waals surface area contributed by atoms with Gasteiger partial charge in [-0.1, -0.05) is 6.07 Å². The number of aliphatic imine (C=N–C) groups is 1. The van der Waals surface area contributed by atoms with E-state index in [-0.39, 0.29) is 11.9 Å². The van der Waals surface area contributed by atoms with Crippen LogP contribution in [-0.2, 0) is 0 Å². The Morgan fingerprint density at radius 2 is 2.53 bits per heavy atom. The molecule has 0 aromatic carbocycles. The van der Waals surface area contributed by atoms with Gasteiger partial charge in [-0.3, -0.25) is 20.1 Å². The van der Waals surface area contributed by atoms with Crippen molar-refractivity contribution in [3.05, 3.63) is 40.2 Å². The van der Waals surface area contributed by atoms with Gasteiger partial charge in [0, 0.05) is 17.3 Å². The maximum absolute atomic E-state index is 10.2. The predicted molar refractivity (Wildman–Crippen MR) is 56.1 cm³/mol. The lowest BCUT2D eigenvalue weighted by Gasteiger charge is -2.05. The number of amidine groups is 1. The van der Waals surface area contributed by atoms with E-state index in [4.69, 9.17) is 5.73 Å². The first-order valence-corrected chi connectivity index (χ1v) is 4.43. The number of nitrogens with two attached hydrogens (primary N) is 1. The molecule has 15 heavy (non-hydrogen) atoms. The fourth-order valence-electron chi connectivity index (χ4n) is 1.12. The summed E-state index contributed by atoms with van der Waals surface area (Å²) in [5, 5.41) is 10.2. The van der Waals surface area contributed by atoms with Gasteiger partial charge < -0.3 is 5.73 Å². The van der Waals surface area contributed by atoms with Crippen molar-refractivity contribution in [2.24, 2.45) is 10.7 Å². The molecular formula is C9H12N4O2. The molecule has 6 nitrogen and oxygen atoms in total. The van der Waals surface area contributed by atoms with Gasteiger partial charge in [-0.25, -0.2) is 0 Å². The Morgan fingerprint density at radius 1 is 1.80 bits per heavy atom. The predicted octanol–water partition coefficient (Wildman–Crippen LogP) is 0.777. The molecule has 0 fully saturated rings. The molecule has 80 valence electrons. The van der Waals surface area contributed by atoms with Crippen LogP contribution in [0.25, 0.3) is 0 Å². The molecule has 0 saturated carbocycles. The summed E-state index contributed by atoms with van der Waals surface area (Å²) in [6.07, 6.45) is 3.31. The minimum atomic E-state index is -0.505. The Kier molecular flexibility index (Phi) is 3.73. The van der Waals surface area contributed by atoms with Gasteiger partial charge in [-0.2, -0.15) is 0 Å². The highest BCUT2D eigenvalue weighted by Gasteiger charge is 2.07. The average Bonchev–Trinajstić information content (AvgIpc) is 2.17. The highest BCUT2D eigenvalue weighted by molar-refractivity contribution is 5.81. The van der Waals surface area contributed by atoms with Crippen molar-refractivity contribution in [1.29, 1.82) is 0 Å². The molecule has 2 N–H and O–H groups in total. The lowest BCUT2D eigenvalue weighted by Crippen LogP contribution is -2.23. The van der Waals surface area contributed by atoms with Crippen molar-refractivity contribution in [3.8, 4) is 0 Å². The van der Waals surface area contributed by atoms with E-state index in [2.05, 4.69) is 9.98 Å². The number of aromatic nitrogens is 1. The zero-order chi connectivity index (χ0) is 11.3. The van der Waals surface area contributed by atoms with Crippen LogP contribution in [0.4, 0.5) is 0 Å². The Hall–Kier alpha value is -1.98. The van der Waals surface area contributed by atoms with Gasteiger partial charge in [0.25, 0.3) is 6.54 Å². The van der Waals surface area contributed by atoms with E-state index in [0.29, 0.717) is 0 Å². The van der Waals surface area contributed by atoms with E-state index >= 15 is 0 Å². The van der Waals surface area contributed by atoms with Gasteiger partial charge in [0.15, 0.2) is 5.84 Å². The molecule has 1 heterocycles. The molecule has 0 bridgehead atoms. The molecule has 0 saturated heterocycles. The summed E-state index contributed by atoms with van der Waals surface area (Å²) < 4.78 is 0. The molecular weight excluding hydrogens is 196 g/mol. The molecule has 0 aliphatic carbocycles. The lowest BCUT2D eigenvalue weighted by molar-refractivity contribution is -0.463. The third kappa shape index (κ3) is 3.72. The molecule has 1 rings (SSSR count). The molecule has 0 radical (unpaired) electrons. The fraction of sp³-hybridized carbons (Fsp3) is 0.333. The number of hydrogen-bond donors (Lipinski definition) is 1.